The maximum absolute atomic E-state index is 11.9. The molecule has 1 fully saturated rings. The van der Waals surface area contributed by atoms with Crippen LogP contribution >= 0.6 is 0 Å². The Kier molecular flexibility index (Phi) is 5.18. The lowest BCUT2D eigenvalue weighted by atomic mass is 9.80. The minimum absolute atomic E-state index is 0.0414. The van der Waals surface area contributed by atoms with Crippen LogP contribution in [0.15, 0.2) is 24.3 Å². The number of anilines is 1. The van der Waals surface area contributed by atoms with E-state index in [9.17, 15) is 4.79 Å². The molecule has 2 rings (SSSR count). The van der Waals surface area contributed by atoms with Crippen LogP contribution in [0.3, 0.4) is 0 Å². The zero-order valence-corrected chi connectivity index (χ0v) is 12.8. The predicted octanol–water partition coefficient (Wildman–Crippen LogP) is 3.35. The molecule has 1 aliphatic rings. The van der Waals surface area contributed by atoms with E-state index in [1.165, 1.54) is 24.8 Å². The van der Waals surface area contributed by atoms with Gasteiger partial charge in [-0.15, -0.1) is 0 Å². The molecule has 110 valence electrons. The Balaban J connectivity index is 1.76. The Bertz CT molecular complexity index is 441. The predicted molar refractivity (Wildman–Crippen MR) is 83.8 cm³/mol. The van der Waals surface area contributed by atoms with E-state index in [0.717, 1.165) is 11.6 Å². The van der Waals surface area contributed by atoms with Crippen molar-refractivity contribution in [1.29, 1.82) is 0 Å². The fourth-order valence-electron chi connectivity index (χ4n) is 3.03. The third-order valence-corrected chi connectivity index (χ3v) is 4.29. The van der Waals surface area contributed by atoms with Gasteiger partial charge in [-0.2, -0.15) is 0 Å². The lowest BCUT2D eigenvalue weighted by molar-refractivity contribution is -0.115. The Morgan fingerprint density at radius 1 is 1.20 bits per heavy atom. The molecule has 0 bridgehead atoms. The Morgan fingerprint density at radius 2 is 1.90 bits per heavy atom. The van der Waals surface area contributed by atoms with Gasteiger partial charge in [0.15, 0.2) is 0 Å². The van der Waals surface area contributed by atoms with Crippen LogP contribution in [-0.4, -0.2) is 18.5 Å². The fraction of sp³-hybridized carbons (Fsp3) is 0.588. The quantitative estimate of drug-likeness (QED) is 0.884. The van der Waals surface area contributed by atoms with Gasteiger partial charge in [0.2, 0.25) is 5.91 Å². The van der Waals surface area contributed by atoms with Crippen LogP contribution in [0.5, 0.6) is 0 Å². The van der Waals surface area contributed by atoms with Crippen molar-refractivity contribution in [3.63, 3.8) is 0 Å². The van der Waals surface area contributed by atoms with Crippen LogP contribution in [0.1, 0.15) is 38.7 Å². The second-order valence-electron chi connectivity index (χ2n) is 6.30. The molecule has 3 heteroatoms. The second kappa shape index (κ2) is 6.89. The van der Waals surface area contributed by atoms with Crippen LogP contribution in [0.25, 0.3) is 0 Å². The van der Waals surface area contributed by atoms with Crippen LogP contribution in [0.4, 0.5) is 5.69 Å². The molecule has 3 unspecified atom stereocenters. The number of carbonyl (C=O) groups is 1. The van der Waals surface area contributed by atoms with E-state index in [0.29, 0.717) is 18.5 Å². The van der Waals surface area contributed by atoms with Gasteiger partial charge in [-0.05, 0) is 50.2 Å². The van der Waals surface area contributed by atoms with Gasteiger partial charge < -0.3 is 10.6 Å². The van der Waals surface area contributed by atoms with Gasteiger partial charge in [-0.3, -0.25) is 4.79 Å². The second-order valence-corrected chi connectivity index (χ2v) is 6.30. The third-order valence-electron chi connectivity index (χ3n) is 4.29. The molecule has 3 nitrogen and oxygen atoms in total. The number of rotatable bonds is 4. The minimum Gasteiger partial charge on any atom is -0.325 e. The Hall–Kier alpha value is -1.35. The van der Waals surface area contributed by atoms with E-state index in [2.05, 4.69) is 24.5 Å². The van der Waals surface area contributed by atoms with Crippen molar-refractivity contribution in [2.45, 2.75) is 46.1 Å². The lowest BCUT2D eigenvalue weighted by Gasteiger charge is -2.33. The summed E-state index contributed by atoms with van der Waals surface area (Å²) in [6, 6.07) is 8.38. The smallest absolute Gasteiger partial charge is 0.238 e. The van der Waals surface area contributed by atoms with Crippen molar-refractivity contribution < 1.29 is 4.79 Å². The monoisotopic (exact) mass is 274 g/mol. The highest BCUT2D eigenvalue weighted by Crippen LogP contribution is 2.28. The molecule has 20 heavy (non-hydrogen) atoms. The molecule has 2 N–H and O–H groups in total. The first kappa shape index (κ1) is 15.0. The first-order valence-electron chi connectivity index (χ1n) is 7.64. The molecular weight excluding hydrogens is 248 g/mol. The Labute approximate surface area is 122 Å². The minimum atomic E-state index is 0.0414. The first-order chi connectivity index (χ1) is 9.54. The topological polar surface area (TPSA) is 41.1 Å². The summed E-state index contributed by atoms with van der Waals surface area (Å²) < 4.78 is 0. The number of hydrogen-bond donors (Lipinski definition) is 2. The summed E-state index contributed by atoms with van der Waals surface area (Å²) in [5, 5.41) is 6.34. The lowest BCUT2D eigenvalue weighted by Crippen LogP contribution is -2.42. The molecule has 0 aliphatic heterocycles. The number of nitrogens with one attached hydrogen (secondary N) is 2. The van der Waals surface area contributed by atoms with Gasteiger partial charge in [0.05, 0.1) is 6.54 Å². The average Bonchev–Trinajstić information content (AvgIpc) is 2.40. The zero-order valence-electron chi connectivity index (χ0n) is 12.8. The summed E-state index contributed by atoms with van der Waals surface area (Å²) in [5.74, 6) is 1.52. The van der Waals surface area contributed by atoms with Gasteiger partial charge in [-0.25, -0.2) is 0 Å². The van der Waals surface area contributed by atoms with E-state index < -0.39 is 0 Å². The molecule has 1 aromatic rings. The average molecular weight is 274 g/mol. The van der Waals surface area contributed by atoms with Gasteiger partial charge in [0, 0.05) is 11.7 Å². The molecular formula is C17H26N2O. The molecule has 0 spiro atoms. The van der Waals surface area contributed by atoms with Crippen LogP contribution < -0.4 is 10.6 Å². The summed E-state index contributed by atoms with van der Waals surface area (Å²) in [4.78, 5) is 11.9. The third kappa shape index (κ3) is 4.34. The number of aryl methyl sites for hydroxylation is 1. The molecule has 1 aromatic carbocycles. The highest BCUT2D eigenvalue weighted by molar-refractivity contribution is 5.92. The molecule has 1 saturated carbocycles. The number of carbonyl (C=O) groups excluding carboxylic acids is 1. The maximum Gasteiger partial charge on any atom is 0.238 e. The number of hydrogen-bond acceptors (Lipinski definition) is 2. The van der Waals surface area contributed by atoms with Gasteiger partial charge in [0.25, 0.3) is 0 Å². The number of benzene rings is 1. The van der Waals surface area contributed by atoms with E-state index >= 15 is 0 Å². The summed E-state index contributed by atoms with van der Waals surface area (Å²) in [6.07, 6.45) is 3.71. The van der Waals surface area contributed by atoms with Gasteiger partial charge in [0.1, 0.15) is 0 Å². The normalized spacial score (nSPS) is 26.2. The molecule has 1 aliphatic carbocycles. The summed E-state index contributed by atoms with van der Waals surface area (Å²) >= 11 is 0. The largest absolute Gasteiger partial charge is 0.325 e. The highest BCUT2D eigenvalue weighted by Gasteiger charge is 2.25. The molecule has 1 amide bonds. The van der Waals surface area contributed by atoms with Crippen LogP contribution in [0, 0.1) is 18.8 Å². The van der Waals surface area contributed by atoms with Crippen molar-refractivity contribution in [3.05, 3.63) is 29.8 Å². The maximum atomic E-state index is 11.9. The molecule has 0 radical (unpaired) electrons. The van der Waals surface area contributed by atoms with E-state index in [4.69, 9.17) is 0 Å². The van der Waals surface area contributed by atoms with Crippen molar-refractivity contribution in [1.82, 2.24) is 5.32 Å². The first-order valence-corrected chi connectivity index (χ1v) is 7.64. The Morgan fingerprint density at radius 3 is 2.55 bits per heavy atom. The summed E-state index contributed by atoms with van der Waals surface area (Å²) in [7, 11) is 0. The summed E-state index contributed by atoms with van der Waals surface area (Å²) in [5.41, 5.74) is 2.07. The number of amides is 1. The fourth-order valence-corrected chi connectivity index (χ4v) is 3.03. The van der Waals surface area contributed by atoms with Crippen LogP contribution in [-0.2, 0) is 4.79 Å². The van der Waals surface area contributed by atoms with Crippen molar-refractivity contribution in [2.24, 2.45) is 11.8 Å². The SMILES string of the molecule is Cc1ccc(NC(=O)CNC2CCC(C)CC2C)cc1. The molecule has 0 aromatic heterocycles. The highest BCUT2D eigenvalue weighted by atomic mass is 16.1. The van der Waals surface area contributed by atoms with E-state index in [1.54, 1.807) is 0 Å². The van der Waals surface area contributed by atoms with Crippen molar-refractivity contribution in [2.75, 3.05) is 11.9 Å². The molecule has 0 heterocycles. The van der Waals surface area contributed by atoms with Gasteiger partial charge in [-0.1, -0.05) is 31.5 Å². The van der Waals surface area contributed by atoms with Crippen molar-refractivity contribution >= 4 is 11.6 Å². The standard InChI is InChI=1S/C17H26N2O/c1-12-4-7-15(8-5-12)19-17(20)11-18-16-9-6-13(2)10-14(16)3/h4-5,7-8,13-14,16,18H,6,9-11H2,1-3H3,(H,19,20). The molecule has 3 atom stereocenters. The van der Waals surface area contributed by atoms with E-state index in [1.807, 2.05) is 31.2 Å². The van der Waals surface area contributed by atoms with Gasteiger partial charge >= 0.3 is 0 Å². The zero-order chi connectivity index (χ0) is 14.5. The molecule has 0 saturated heterocycles. The van der Waals surface area contributed by atoms with Crippen molar-refractivity contribution in [3.8, 4) is 0 Å². The van der Waals surface area contributed by atoms with E-state index in [-0.39, 0.29) is 5.91 Å². The van der Waals surface area contributed by atoms with Crippen LogP contribution in [0.2, 0.25) is 0 Å². The summed E-state index contributed by atoms with van der Waals surface area (Å²) in [6.45, 7) is 7.04.